The van der Waals surface area contributed by atoms with E-state index in [1.165, 1.54) is 26.1 Å². The van der Waals surface area contributed by atoms with Gasteiger partial charge in [-0.15, -0.1) is 10.2 Å². The van der Waals surface area contributed by atoms with Gasteiger partial charge < -0.3 is 19.3 Å². The van der Waals surface area contributed by atoms with E-state index in [2.05, 4.69) is 15.4 Å². The van der Waals surface area contributed by atoms with Crippen molar-refractivity contribution in [3.8, 4) is 17.2 Å². The molecule has 1 aromatic carbocycles. The number of methoxy groups -OCH3 is 3. The van der Waals surface area contributed by atoms with Crippen LogP contribution in [0.15, 0.2) is 12.1 Å². The molecule has 0 fully saturated rings. The third-order valence-electron chi connectivity index (χ3n) is 3.02. The number of aromatic nitrogens is 4. The highest BCUT2D eigenvalue weighted by Crippen LogP contribution is 2.42. The molecule has 8 nitrogen and oxygen atoms in total. The Hall–Kier alpha value is -2.35. The van der Waals surface area contributed by atoms with Gasteiger partial charge in [-0.2, -0.15) is 4.80 Å². The Morgan fingerprint density at radius 3 is 2.38 bits per heavy atom. The summed E-state index contributed by atoms with van der Waals surface area (Å²) >= 11 is 0. The first-order chi connectivity index (χ1) is 10.1. The van der Waals surface area contributed by atoms with Gasteiger partial charge in [0.2, 0.25) is 5.75 Å². The van der Waals surface area contributed by atoms with Crippen LogP contribution in [-0.4, -0.2) is 46.6 Å². The molecular formula is C13H18N4O4. The molecule has 2 aromatic rings. The highest BCUT2D eigenvalue weighted by Gasteiger charge is 2.22. The van der Waals surface area contributed by atoms with Gasteiger partial charge in [-0.05, 0) is 17.3 Å². The van der Waals surface area contributed by atoms with Crippen molar-refractivity contribution < 1.29 is 19.3 Å². The van der Waals surface area contributed by atoms with E-state index in [0.29, 0.717) is 28.6 Å². The van der Waals surface area contributed by atoms with Crippen molar-refractivity contribution in [3.05, 3.63) is 23.5 Å². The maximum atomic E-state index is 10.4. The Morgan fingerprint density at radius 2 is 1.86 bits per heavy atom. The molecule has 0 radical (unpaired) electrons. The molecule has 8 heteroatoms. The lowest BCUT2D eigenvalue weighted by Gasteiger charge is -2.18. The van der Waals surface area contributed by atoms with Gasteiger partial charge in [-0.1, -0.05) is 0 Å². The molecule has 1 unspecified atom stereocenters. The number of nitrogens with zero attached hydrogens (tertiary/aromatic N) is 4. The summed E-state index contributed by atoms with van der Waals surface area (Å²) < 4.78 is 15.9. The van der Waals surface area contributed by atoms with Crippen LogP contribution in [0, 0.1) is 0 Å². The average molecular weight is 294 g/mol. The molecular weight excluding hydrogens is 276 g/mol. The number of aliphatic hydroxyl groups excluding tert-OH is 1. The number of aryl methyl sites for hydroxylation is 1. The molecule has 0 saturated carbocycles. The van der Waals surface area contributed by atoms with Gasteiger partial charge in [-0.3, -0.25) is 0 Å². The number of hydrogen-bond donors (Lipinski definition) is 1. The van der Waals surface area contributed by atoms with E-state index < -0.39 is 6.10 Å². The van der Waals surface area contributed by atoms with E-state index in [4.69, 9.17) is 14.2 Å². The average Bonchev–Trinajstić information content (AvgIpc) is 2.90. The van der Waals surface area contributed by atoms with Gasteiger partial charge in [0.1, 0.15) is 0 Å². The summed E-state index contributed by atoms with van der Waals surface area (Å²) in [4.78, 5) is 1.34. The van der Waals surface area contributed by atoms with E-state index in [1.54, 1.807) is 19.2 Å². The van der Waals surface area contributed by atoms with Crippen LogP contribution in [-0.2, 0) is 13.5 Å². The first-order valence-corrected chi connectivity index (χ1v) is 6.30. The molecule has 21 heavy (non-hydrogen) atoms. The maximum absolute atomic E-state index is 10.4. The monoisotopic (exact) mass is 294 g/mol. The van der Waals surface area contributed by atoms with Crippen molar-refractivity contribution in [2.75, 3.05) is 21.3 Å². The van der Waals surface area contributed by atoms with Crippen LogP contribution in [0.1, 0.15) is 17.5 Å². The lowest BCUT2D eigenvalue weighted by Crippen LogP contribution is -2.07. The van der Waals surface area contributed by atoms with E-state index >= 15 is 0 Å². The van der Waals surface area contributed by atoms with Crippen molar-refractivity contribution in [3.63, 3.8) is 0 Å². The van der Waals surface area contributed by atoms with Gasteiger partial charge in [-0.25, -0.2) is 0 Å². The smallest absolute Gasteiger partial charge is 0.203 e. The van der Waals surface area contributed by atoms with E-state index in [1.807, 2.05) is 0 Å². The lowest BCUT2D eigenvalue weighted by molar-refractivity contribution is 0.170. The third-order valence-corrected chi connectivity index (χ3v) is 3.02. The Morgan fingerprint density at radius 1 is 1.14 bits per heavy atom. The molecule has 1 heterocycles. The maximum Gasteiger partial charge on any atom is 0.203 e. The first kappa shape index (κ1) is 15.0. The fourth-order valence-electron chi connectivity index (χ4n) is 2.07. The Labute approximate surface area is 122 Å². The number of benzene rings is 1. The minimum absolute atomic E-state index is 0.222. The molecule has 0 aliphatic carbocycles. The minimum atomic E-state index is -0.844. The van der Waals surface area contributed by atoms with Gasteiger partial charge in [0.05, 0.1) is 34.5 Å². The number of aliphatic hydroxyl groups is 1. The predicted octanol–water partition coefficient (Wildman–Crippen LogP) is 0.512. The Bertz CT molecular complexity index is 614. The second-order valence-electron chi connectivity index (χ2n) is 4.34. The van der Waals surface area contributed by atoms with Crippen LogP contribution in [0.5, 0.6) is 17.2 Å². The standard InChI is InChI=1S/C13H18N4O4/c1-17-15-11(14-16-17)7-9(18)8-5-6-10(19-2)13(21-4)12(8)20-3/h5-6,9,18H,7H2,1-4H3. The summed E-state index contributed by atoms with van der Waals surface area (Å²) in [7, 11) is 6.23. The van der Waals surface area contributed by atoms with Crippen LogP contribution in [0.4, 0.5) is 0 Å². The summed E-state index contributed by atoms with van der Waals surface area (Å²) in [5.74, 6) is 1.83. The SMILES string of the molecule is COc1ccc(C(O)Cc2nnn(C)n2)c(OC)c1OC. The summed E-state index contributed by atoms with van der Waals surface area (Å²) in [6.45, 7) is 0. The highest BCUT2D eigenvalue weighted by molar-refractivity contribution is 5.56. The lowest BCUT2D eigenvalue weighted by atomic mass is 10.0. The summed E-state index contributed by atoms with van der Waals surface area (Å²) in [6, 6.07) is 3.44. The fourth-order valence-corrected chi connectivity index (χ4v) is 2.07. The number of rotatable bonds is 6. The molecule has 1 atom stereocenters. The summed E-state index contributed by atoms with van der Waals surface area (Å²) in [5, 5.41) is 22.0. The van der Waals surface area contributed by atoms with Crippen molar-refractivity contribution >= 4 is 0 Å². The molecule has 0 amide bonds. The van der Waals surface area contributed by atoms with E-state index in [0.717, 1.165) is 0 Å². The second kappa shape index (κ2) is 6.40. The molecule has 0 bridgehead atoms. The van der Waals surface area contributed by atoms with Crippen molar-refractivity contribution in [1.82, 2.24) is 20.2 Å². The fraction of sp³-hybridized carbons (Fsp3) is 0.462. The first-order valence-electron chi connectivity index (χ1n) is 6.30. The largest absolute Gasteiger partial charge is 0.493 e. The predicted molar refractivity (Wildman–Crippen MR) is 73.6 cm³/mol. The summed E-state index contributed by atoms with van der Waals surface area (Å²) in [6.07, 6.45) is -0.622. The zero-order valence-corrected chi connectivity index (χ0v) is 12.4. The van der Waals surface area contributed by atoms with Gasteiger partial charge in [0.25, 0.3) is 0 Å². The number of hydrogen-bond acceptors (Lipinski definition) is 7. The molecule has 114 valence electrons. The zero-order chi connectivity index (χ0) is 15.4. The van der Waals surface area contributed by atoms with Crippen LogP contribution in [0.2, 0.25) is 0 Å². The normalized spacial score (nSPS) is 12.0. The molecule has 0 aliphatic heterocycles. The third kappa shape index (κ3) is 3.05. The number of tetrazole rings is 1. The van der Waals surface area contributed by atoms with Gasteiger partial charge >= 0.3 is 0 Å². The zero-order valence-electron chi connectivity index (χ0n) is 12.4. The number of ether oxygens (including phenoxy) is 3. The van der Waals surface area contributed by atoms with E-state index in [-0.39, 0.29) is 6.42 Å². The topological polar surface area (TPSA) is 91.5 Å². The molecule has 1 aromatic heterocycles. The quantitative estimate of drug-likeness (QED) is 0.830. The van der Waals surface area contributed by atoms with Gasteiger partial charge in [0, 0.05) is 12.0 Å². The molecule has 1 N–H and O–H groups in total. The van der Waals surface area contributed by atoms with Crippen molar-refractivity contribution in [1.29, 1.82) is 0 Å². The van der Waals surface area contributed by atoms with Crippen molar-refractivity contribution in [2.45, 2.75) is 12.5 Å². The Kier molecular flexibility index (Phi) is 4.59. The molecule has 2 rings (SSSR count). The van der Waals surface area contributed by atoms with Crippen LogP contribution < -0.4 is 14.2 Å². The van der Waals surface area contributed by atoms with Crippen molar-refractivity contribution in [2.24, 2.45) is 7.05 Å². The molecule has 0 spiro atoms. The van der Waals surface area contributed by atoms with Gasteiger partial charge in [0.15, 0.2) is 17.3 Å². The van der Waals surface area contributed by atoms with Crippen LogP contribution in [0.25, 0.3) is 0 Å². The minimum Gasteiger partial charge on any atom is -0.493 e. The van der Waals surface area contributed by atoms with Crippen LogP contribution >= 0.6 is 0 Å². The molecule has 0 aliphatic rings. The van der Waals surface area contributed by atoms with Crippen LogP contribution in [0.3, 0.4) is 0 Å². The van der Waals surface area contributed by atoms with E-state index in [9.17, 15) is 5.11 Å². The Balaban J connectivity index is 2.33. The second-order valence-corrected chi connectivity index (χ2v) is 4.34. The summed E-state index contributed by atoms with van der Waals surface area (Å²) in [5.41, 5.74) is 0.572. The molecule has 0 saturated heterocycles. The highest BCUT2D eigenvalue weighted by atomic mass is 16.5.